The van der Waals surface area contributed by atoms with Gasteiger partial charge in [-0.2, -0.15) is 0 Å². The van der Waals surface area contributed by atoms with E-state index < -0.39 is 0 Å². The number of amides is 2. The Hall–Kier alpha value is -3.15. The summed E-state index contributed by atoms with van der Waals surface area (Å²) in [7, 11) is 1.59. The maximum absolute atomic E-state index is 12.3. The molecule has 6 nitrogen and oxygen atoms in total. The first kappa shape index (κ1) is 20.6. The van der Waals surface area contributed by atoms with Gasteiger partial charge >= 0.3 is 0 Å². The van der Waals surface area contributed by atoms with E-state index in [0.717, 1.165) is 5.56 Å². The normalized spacial score (nSPS) is 14.5. The van der Waals surface area contributed by atoms with Gasteiger partial charge in [0.1, 0.15) is 0 Å². The fourth-order valence-corrected chi connectivity index (χ4v) is 3.38. The van der Waals surface area contributed by atoms with Gasteiger partial charge in [0.15, 0.2) is 11.6 Å². The average Bonchev–Trinajstić information content (AvgIpc) is 2.77. The van der Waals surface area contributed by atoms with Gasteiger partial charge < -0.3 is 15.4 Å². The van der Waals surface area contributed by atoms with Crippen LogP contribution in [0.2, 0.25) is 0 Å². The minimum atomic E-state index is -0.290. The molecule has 2 N–H and O–H groups in total. The second-order valence-corrected chi connectivity index (χ2v) is 7.19. The topological polar surface area (TPSA) is 80.3 Å². The lowest BCUT2D eigenvalue weighted by atomic mass is 9.90. The third-order valence-corrected chi connectivity index (χ3v) is 5.04. The fraction of sp³-hybridized carbons (Fsp3) is 0.348. The van der Waals surface area contributed by atoms with E-state index in [2.05, 4.69) is 15.6 Å². The lowest BCUT2D eigenvalue weighted by Gasteiger charge is -2.22. The summed E-state index contributed by atoms with van der Waals surface area (Å²) in [5.74, 6) is 1.16. The SMILES string of the molecule is CNC(=O)c1ccc(/C=C/C(=O)Nc2ncccc2OCC2CCCCC2)cc1. The number of aromatic nitrogens is 1. The fourth-order valence-electron chi connectivity index (χ4n) is 3.38. The van der Waals surface area contributed by atoms with E-state index >= 15 is 0 Å². The molecule has 1 aromatic heterocycles. The third-order valence-electron chi connectivity index (χ3n) is 5.04. The molecule has 1 aliphatic rings. The van der Waals surface area contributed by atoms with Crippen molar-refractivity contribution in [2.24, 2.45) is 5.92 Å². The van der Waals surface area contributed by atoms with Crippen LogP contribution in [0.25, 0.3) is 6.08 Å². The molecule has 2 amide bonds. The Labute approximate surface area is 171 Å². The van der Waals surface area contributed by atoms with E-state index in [-0.39, 0.29) is 11.8 Å². The first-order valence-corrected chi connectivity index (χ1v) is 10.0. The van der Waals surface area contributed by atoms with Crippen molar-refractivity contribution >= 4 is 23.7 Å². The molecule has 0 unspecified atom stereocenters. The van der Waals surface area contributed by atoms with Gasteiger partial charge in [0, 0.05) is 24.9 Å². The van der Waals surface area contributed by atoms with Gasteiger partial charge in [-0.25, -0.2) is 4.98 Å². The quantitative estimate of drug-likeness (QED) is 0.696. The highest BCUT2D eigenvalue weighted by Crippen LogP contribution is 2.27. The van der Waals surface area contributed by atoms with Crippen LogP contribution in [0.1, 0.15) is 48.0 Å². The largest absolute Gasteiger partial charge is 0.489 e. The van der Waals surface area contributed by atoms with Crippen LogP contribution in [0.5, 0.6) is 5.75 Å². The molecule has 0 aliphatic heterocycles. The Morgan fingerprint density at radius 2 is 1.90 bits per heavy atom. The number of hydrogen-bond donors (Lipinski definition) is 2. The molecule has 0 spiro atoms. The summed E-state index contributed by atoms with van der Waals surface area (Å²) in [4.78, 5) is 28.1. The number of anilines is 1. The summed E-state index contributed by atoms with van der Waals surface area (Å²) in [5.41, 5.74) is 1.39. The van der Waals surface area contributed by atoms with Gasteiger partial charge in [-0.3, -0.25) is 9.59 Å². The zero-order chi connectivity index (χ0) is 20.5. The molecule has 1 aliphatic carbocycles. The highest BCUT2D eigenvalue weighted by atomic mass is 16.5. The number of benzene rings is 1. The van der Waals surface area contributed by atoms with Crippen molar-refractivity contribution in [3.05, 3.63) is 59.8 Å². The number of hydrogen-bond acceptors (Lipinski definition) is 4. The van der Waals surface area contributed by atoms with Crippen molar-refractivity contribution in [3.8, 4) is 5.75 Å². The number of rotatable bonds is 7. The molecule has 6 heteroatoms. The van der Waals surface area contributed by atoms with Crippen molar-refractivity contribution < 1.29 is 14.3 Å². The Morgan fingerprint density at radius 3 is 2.62 bits per heavy atom. The Morgan fingerprint density at radius 1 is 1.14 bits per heavy atom. The van der Waals surface area contributed by atoms with Crippen molar-refractivity contribution in [1.82, 2.24) is 10.3 Å². The molecular formula is C23H27N3O3. The van der Waals surface area contributed by atoms with Crippen molar-refractivity contribution in [2.45, 2.75) is 32.1 Å². The molecule has 0 radical (unpaired) electrons. The molecule has 0 saturated heterocycles. The average molecular weight is 393 g/mol. The molecule has 0 atom stereocenters. The van der Waals surface area contributed by atoms with Crippen LogP contribution in [0.4, 0.5) is 5.82 Å². The molecule has 3 rings (SSSR count). The van der Waals surface area contributed by atoms with E-state index in [0.29, 0.717) is 29.7 Å². The Bertz CT molecular complexity index is 856. The van der Waals surface area contributed by atoms with Crippen LogP contribution < -0.4 is 15.4 Å². The van der Waals surface area contributed by atoms with Crippen molar-refractivity contribution in [2.75, 3.05) is 19.0 Å². The van der Waals surface area contributed by atoms with Crippen LogP contribution in [-0.2, 0) is 4.79 Å². The minimum absolute atomic E-state index is 0.144. The molecule has 1 saturated carbocycles. The lowest BCUT2D eigenvalue weighted by Crippen LogP contribution is -2.17. The van der Waals surface area contributed by atoms with E-state index in [9.17, 15) is 9.59 Å². The Kier molecular flexibility index (Phi) is 7.39. The van der Waals surface area contributed by atoms with E-state index in [1.165, 1.54) is 38.2 Å². The zero-order valence-corrected chi connectivity index (χ0v) is 16.7. The maximum Gasteiger partial charge on any atom is 0.251 e. The molecule has 1 heterocycles. The lowest BCUT2D eigenvalue weighted by molar-refractivity contribution is -0.111. The van der Waals surface area contributed by atoms with Gasteiger partial charge in [-0.15, -0.1) is 0 Å². The highest BCUT2D eigenvalue weighted by molar-refractivity contribution is 6.02. The monoisotopic (exact) mass is 393 g/mol. The second-order valence-electron chi connectivity index (χ2n) is 7.19. The number of nitrogens with zero attached hydrogens (tertiary/aromatic N) is 1. The standard InChI is InChI=1S/C23H27N3O3/c1-24-23(28)19-12-9-17(10-13-19)11-14-21(27)26-22-20(8-5-15-25-22)29-16-18-6-3-2-4-7-18/h5,8-15,18H,2-4,6-7,16H2,1H3,(H,24,28)(H,25,26,27)/b14-11+. The predicted octanol–water partition coefficient (Wildman–Crippen LogP) is 4.05. The van der Waals surface area contributed by atoms with Gasteiger partial charge in [-0.1, -0.05) is 31.4 Å². The molecule has 152 valence electrons. The van der Waals surface area contributed by atoms with Crippen molar-refractivity contribution in [3.63, 3.8) is 0 Å². The van der Waals surface area contributed by atoms with Gasteiger partial charge in [0.2, 0.25) is 5.91 Å². The minimum Gasteiger partial charge on any atom is -0.489 e. The van der Waals surface area contributed by atoms with Gasteiger partial charge in [0.25, 0.3) is 5.91 Å². The van der Waals surface area contributed by atoms with Crippen LogP contribution >= 0.6 is 0 Å². The van der Waals surface area contributed by atoms with Gasteiger partial charge in [-0.05, 0) is 54.7 Å². The number of pyridine rings is 1. The first-order chi connectivity index (χ1) is 14.2. The smallest absolute Gasteiger partial charge is 0.251 e. The summed E-state index contributed by atoms with van der Waals surface area (Å²) in [6, 6.07) is 10.6. The summed E-state index contributed by atoms with van der Waals surface area (Å²) in [6.07, 6.45) is 11.0. The summed E-state index contributed by atoms with van der Waals surface area (Å²) < 4.78 is 5.95. The summed E-state index contributed by atoms with van der Waals surface area (Å²) in [6.45, 7) is 0.655. The van der Waals surface area contributed by atoms with E-state index in [4.69, 9.17) is 4.74 Å². The number of carbonyl (C=O) groups excluding carboxylic acids is 2. The molecule has 1 fully saturated rings. The van der Waals surface area contributed by atoms with Crippen LogP contribution in [0.3, 0.4) is 0 Å². The molecule has 29 heavy (non-hydrogen) atoms. The van der Waals surface area contributed by atoms with Crippen LogP contribution in [-0.4, -0.2) is 30.5 Å². The molecule has 2 aromatic rings. The molecular weight excluding hydrogens is 366 g/mol. The van der Waals surface area contributed by atoms with E-state index in [1.54, 1.807) is 49.7 Å². The molecule has 0 bridgehead atoms. The van der Waals surface area contributed by atoms with E-state index in [1.807, 2.05) is 6.07 Å². The first-order valence-electron chi connectivity index (χ1n) is 10.0. The predicted molar refractivity (Wildman–Crippen MR) is 114 cm³/mol. The van der Waals surface area contributed by atoms with Crippen LogP contribution in [0, 0.1) is 5.92 Å². The second kappa shape index (κ2) is 10.4. The third kappa shape index (κ3) is 6.17. The van der Waals surface area contributed by atoms with Gasteiger partial charge in [0.05, 0.1) is 6.61 Å². The number of ether oxygens (including phenoxy) is 1. The summed E-state index contributed by atoms with van der Waals surface area (Å²) in [5, 5.41) is 5.36. The zero-order valence-electron chi connectivity index (χ0n) is 16.7. The summed E-state index contributed by atoms with van der Waals surface area (Å²) >= 11 is 0. The maximum atomic E-state index is 12.3. The Balaban J connectivity index is 1.57. The van der Waals surface area contributed by atoms with Crippen LogP contribution in [0.15, 0.2) is 48.7 Å². The number of nitrogens with one attached hydrogen (secondary N) is 2. The highest BCUT2D eigenvalue weighted by Gasteiger charge is 2.15. The molecule has 1 aromatic carbocycles. The number of carbonyl (C=O) groups is 2. The van der Waals surface area contributed by atoms with Crippen molar-refractivity contribution in [1.29, 1.82) is 0 Å².